The van der Waals surface area contributed by atoms with Gasteiger partial charge in [-0.3, -0.25) is 4.79 Å². The van der Waals surface area contributed by atoms with E-state index in [0.29, 0.717) is 24.1 Å². The Bertz CT molecular complexity index is 620. The van der Waals surface area contributed by atoms with Crippen molar-refractivity contribution in [1.29, 1.82) is 5.26 Å². The Labute approximate surface area is 130 Å². The van der Waals surface area contributed by atoms with Crippen molar-refractivity contribution < 1.29 is 14.7 Å². The van der Waals surface area contributed by atoms with Gasteiger partial charge in [-0.25, -0.2) is 4.79 Å². The van der Waals surface area contributed by atoms with Crippen LogP contribution in [0, 0.1) is 16.7 Å². The van der Waals surface area contributed by atoms with Crippen LogP contribution in [0.25, 0.3) is 0 Å². The van der Waals surface area contributed by atoms with Crippen LogP contribution >= 0.6 is 15.9 Å². The summed E-state index contributed by atoms with van der Waals surface area (Å²) in [5, 5.41) is 23.3. The van der Waals surface area contributed by atoms with Gasteiger partial charge in [-0.1, -0.05) is 22.4 Å². The highest BCUT2D eigenvalue weighted by molar-refractivity contribution is 9.10. The van der Waals surface area contributed by atoms with Crippen molar-refractivity contribution in [2.75, 3.05) is 11.9 Å². The Morgan fingerprint density at radius 1 is 1.43 bits per heavy atom. The van der Waals surface area contributed by atoms with Gasteiger partial charge in [0.25, 0.3) is 0 Å². The molecule has 0 bridgehead atoms. The van der Waals surface area contributed by atoms with E-state index in [1.54, 1.807) is 18.2 Å². The van der Waals surface area contributed by atoms with E-state index < -0.39 is 17.4 Å². The molecule has 0 aliphatic heterocycles. The number of amides is 2. The third kappa shape index (κ3) is 3.34. The smallest absolute Gasteiger partial charge is 0.319 e. The average molecular weight is 352 g/mol. The molecule has 2 amide bonds. The van der Waals surface area contributed by atoms with Gasteiger partial charge in [-0.15, -0.1) is 0 Å². The minimum absolute atomic E-state index is 0.0874. The predicted octanol–water partition coefficient (Wildman–Crippen LogP) is 2.70. The molecule has 0 aromatic heterocycles. The van der Waals surface area contributed by atoms with Gasteiger partial charge < -0.3 is 15.7 Å². The molecule has 0 radical (unpaired) electrons. The fraction of sp³-hybridized carbons (Fsp3) is 0.357. The van der Waals surface area contributed by atoms with E-state index >= 15 is 0 Å². The Morgan fingerprint density at radius 2 is 2.14 bits per heavy atom. The molecule has 1 saturated carbocycles. The summed E-state index contributed by atoms with van der Waals surface area (Å²) in [6, 6.07) is 6.38. The summed E-state index contributed by atoms with van der Waals surface area (Å²) < 4.78 is 0.734. The number of nitrogens with zero attached hydrogens (tertiary/aromatic N) is 1. The van der Waals surface area contributed by atoms with Crippen LogP contribution in [0.1, 0.15) is 24.8 Å². The zero-order chi connectivity index (χ0) is 15.5. The van der Waals surface area contributed by atoms with Gasteiger partial charge in [-0.2, -0.15) is 5.26 Å². The molecule has 1 aliphatic rings. The molecule has 0 unspecified atom stereocenters. The van der Waals surface area contributed by atoms with E-state index in [2.05, 4.69) is 26.6 Å². The average Bonchev–Trinajstić information content (AvgIpc) is 2.37. The lowest BCUT2D eigenvalue weighted by molar-refractivity contribution is -0.153. The number of carboxylic acid groups (broad SMARTS) is 1. The second kappa shape index (κ2) is 6.14. The lowest BCUT2D eigenvalue weighted by Gasteiger charge is -2.37. The number of anilines is 1. The van der Waals surface area contributed by atoms with Gasteiger partial charge in [0.2, 0.25) is 0 Å². The summed E-state index contributed by atoms with van der Waals surface area (Å²) in [5.41, 5.74) is -0.126. The van der Waals surface area contributed by atoms with E-state index in [1.807, 2.05) is 6.07 Å². The molecule has 6 nitrogen and oxygen atoms in total. The Morgan fingerprint density at radius 3 is 2.67 bits per heavy atom. The molecule has 1 aromatic carbocycles. The zero-order valence-corrected chi connectivity index (χ0v) is 12.7. The Kier molecular flexibility index (Phi) is 4.48. The molecule has 110 valence electrons. The quantitative estimate of drug-likeness (QED) is 0.775. The summed E-state index contributed by atoms with van der Waals surface area (Å²) in [4.78, 5) is 23.1. The number of carbonyl (C=O) groups is 2. The zero-order valence-electron chi connectivity index (χ0n) is 11.1. The number of carbonyl (C=O) groups excluding carboxylic acids is 1. The third-order valence-corrected chi connectivity index (χ3v) is 4.20. The normalized spacial score (nSPS) is 15.4. The van der Waals surface area contributed by atoms with Crippen molar-refractivity contribution >= 4 is 33.6 Å². The molecule has 0 atom stereocenters. The predicted molar refractivity (Wildman–Crippen MR) is 79.8 cm³/mol. The fourth-order valence-electron chi connectivity index (χ4n) is 2.20. The monoisotopic (exact) mass is 351 g/mol. The standard InChI is InChI=1S/C14H14BrN3O3/c15-10-3-2-9(7-16)11(6-10)18-13(21)17-8-14(12(19)20)4-1-5-14/h2-3,6H,1,4-5,8H2,(H,19,20)(H2,17,18,21). The van der Waals surface area contributed by atoms with Crippen molar-refractivity contribution in [2.45, 2.75) is 19.3 Å². The van der Waals surface area contributed by atoms with Gasteiger partial charge in [0.05, 0.1) is 16.7 Å². The molecule has 0 spiro atoms. The van der Waals surface area contributed by atoms with E-state index in [1.165, 1.54) is 0 Å². The number of rotatable bonds is 4. The fourth-order valence-corrected chi connectivity index (χ4v) is 2.56. The highest BCUT2D eigenvalue weighted by Gasteiger charge is 2.44. The number of carboxylic acids is 1. The van der Waals surface area contributed by atoms with Crippen molar-refractivity contribution in [3.8, 4) is 6.07 Å². The first-order valence-electron chi connectivity index (χ1n) is 6.45. The molecular weight excluding hydrogens is 338 g/mol. The SMILES string of the molecule is N#Cc1ccc(Br)cc1NC(=O)NCC1(C(=O)O)CCC1. The molecular formula is C14H14BrN3O3. The summed E-state index contributed by atoms with van der Waals surface area (Å²) in [5.74, 6) is -0.880. The molecule has 3 N–H and O–H groups in total. The second-order valence-corrected chi connectivity index (χ2v) is 5.96. The molecule has 0 heterocycles. The summed E-state index contributed by atoms with van der Waals surface area (Å²) in [6.07, 6.45) is 2.01. The van der Waals surface area contributed by atoms with Crippen LogP contribution < -0.4 is 10.6 Å². The molecule has 0 saturated heterocycles. The highest BCUT2D eigenvalue weighted by atomic mass is 79.9. The number of nitriles is 1. The van der Waals surface area contributed by atoms with Crippen LogP contribution in [0.3, 0.4) is 0 Å². The second-order valence-electron chi connectivity index (χ2n) is 5.05. The number of urea groups is 1. The van der Waals surface area contributed by atoms with Crippen molar-refractivity contribution in [1.82, 2.24) is 5.32 Å². The van der Waals surface area contributed by atoms with Crippen LogP contribution in [-0.2, 0) is 4.79 Å². The molecule has 2 rings (SSSR count). The Balaban J connectivity index is 1.98. The number of benzene rings is 1. The molecule has 7 heteroatoms. The van der Waals surface area contributed by atoms with Gasteiger partial charge in [0, 0.05) is 11.0 Å². The summed E-state index contributed by atoms with van der Waals surface area (Å²) in [7, 11) is 0. The third-order valence-electron chi connectivity index (χ3n) is 3.70. The maximum Gasteiger partial charge on any atom is 0.319 e. The Hall–Kier alpha value is -2.07. The van der Waals surface area contributed by atoms with Crippen molar-refractivity contribution in [3.05, 3.63) is 28.2 Å². The highest BCUT2D eigenvalue weighted by Crippen LogP contribution is 2.40. The first kappa shape index (κ1) is 15.3. The number of nitrogens with one attached hydrogen (secondary N) is 2. The molecule has 1 aliphatic carbocycles. The molecule has 21 heavy (non-hydrogen) atoms. The van der Waals surface area contributed by atoms with Crippen molar-refractivity contribution in [2.24, 2.45) is 5.41 Å². The summed E-state index contributed by atoms with van der Waals surface area (Å²) >= 11 is 3.27. The number of hydrogen-bond donors (Lipinski definition) is 3. The van der Waals surface area contributed by atoms with E-state index in [9.17, 15) is 14.7 Å². The van der Waals surface area contributed by atoms with Crippen LogP contribution in [0.2, 0.25) is 0 Å². The minimum atomic E-state index is -0.880. The van der Waals surface area contributed by atoms with E-state index in [0.717, 1.165) is 10.9 Å². The largest absolute Gasteiger partial charge is 0.481 e. The minimum Gasteiger partial charge on any atom is -0.481 e. The van der Waals surface area contributed by atoms with Gasteiger partial charge in [0.15, 0.2) is 0 Å². The van der Waals surface area contributed by atoms with Crippen LogP contribution in [0.15, 0.2) is 22.7 Å². The van der Waals surface area contributed by atoms with Gasteiger partial charge >= 0.3 is 12.0 Å². The molecule has 1 fully saturated rings. The first-order valence-corrected chi connectivity index (χ1v) is 7.24. The number of aliphatic carboxylic acids is 1. The lowest BCUT2D eigenvalue weighted by atomic mass is 9.69. The van der Waals surface area contributed by atoms with E-state index in [-0.39, 0.29) is 6.54 Å². The van der Waals surface area contributed by atoms with Gasteiger partial charge in [0.1, 0.15) is 6.07 Å². The van der Waals surface area contributed by atoms with E-state index in [4.69, 9.17) is 5.26 Å². The topological polar surface area (TPSA) is 102 Å². The van der Waals surface area contributed by atoms with Crippen molar-refractivity contribution in [3.63, 3.8) is 0 Å². The van der Waals surface area contributed by atoms with Crippen LogP contribution in [0.5, 0.6) is 0 Å². The molecule has 1 aromatic rings. The van der Waals surface area contributed by atoms with Crippen LogP contribution in [0.4, 0.5) is 10.5 Å². The number of halogens is 1. The van der Waals surface area contributed by atoms with Gasteiger partial charge in [-0.05, 0) is 31.0 Å². The summed E-state index contributed by atoms with van der Waals surface area (Å²) in [6.45, 7) is 0.0874. The maximum atomic E-state index is 11.9. The lowest BCUT2D eigenvalue weighted by Crippen LogP contribution is -2.48. The maximum absolute atomic E-state index is 11.9. The number of hydrogen-bond acceptors (Lipinski definition) is 3. The first-order chi connectivity index (χ1) is 9.97. The van der Waals surface area contributed by atoms with Crippen LogP contribution in [-0.4, -0.2) is 23.7 Å².